The number of anilines is 2. The fourth-order valence-electron chi connectivity index (χ4n) is 16.6. The van der Waals surface area contributed by atoms with Crippen LogP contribution in [0, 0.1) is 0 Å². The van der Waals surface area contributed by atoms with Crippen molar-refractivity contribution in [1.29, 1.82) is 0 Å². The Kier molecular flexibility index (Phi) is 34.4. The number of rotatable bonds is 42. The quantitative estimate of drug-likeness (QED) is 0.0326. The van der Waals surface area contributed by atoms with E-state index in [-0.39, 0.29) is 36.1 Å². The van der Waals surface area contributed by atoms with E-state index in [0.717, 1.165) is 109 Å². The first-order chi connectivity index (χ1) is 63.9. The lowest BCUT2D eigenvalue weighted by Crippen LogP contribution is -2.60. The summed E-state index contributed by atoms with van der Waals surface area (Å²) in [6, 6.07) is 19.1. The summed E-state index contributed by atoms with van der Waals surface area (Å²) >= 11 is 0. The zero-order valence-corrected chi connectivity index (χ0v) is 76.7. The molecule has 47 nitrogen and oxygen atoms in total. The van der Waals surface area contributed by atoms with Gasteiger partial charge in [0.05, 0.1) is 64.8 Å². The first-order valence-corrected chi connectivity index (χ1v) is 43.0. The molecule has 0 bridgehead atoms. The molecule has 134 heavy (non-hydrogen) atoms. The molecule has 1 spiro atoms. The van der Waals surface area contributed by atoms with Crippen LogP contribution >= 0.6 is 0 Å². The van der Waals surface area contributed by atoms with Crippen LogP contribution in [0.25, 0.3) is 0 Å². The Morgan fingerprint density at radius 2 is 0.724 bits per heavy atom. The summed E-state index contributed by atoms with van der Waals surface area (Å²) in [6.07, 6.45) is -19.6. The Bertz CT molecular complexity index is 4860. The van der Waals surface area contributed by atoms with Crippen molar-refractivity contribution in [2.24, 2.45) is 0 Å². The average Bonchev–Trinajstić information content (AvgIpc) is 1.50. The van der Waals surface area contributed by atoms with Crippen LogP contribution in [0.1, 0.15) is 174 Å². The monoisotopic (exact) mass is 1880 g/mol. The molecule has 3 fully saturated rings. The summed E-state index contributed by atoms with van der Waals surface area (Å²) in [4.78, 5) is 189. The Morgan fingerprint density at radius 3 is 1.04 bits per heavy atom. The molecule has 5 aliphatic heterocycles. The highest BCUT2D eigenvalue weighted by Crippen LogP contribution is 2.58. The van der Waals surface area contributed by atoms with Gasteiger partial charge in [-0.25, -0.2) is 14.0 Å². The van der Waals surface area contributed by atoms with Gasteiger partial charge in [-0.05, 0) is 51.5 Å². The molecule has 0 radical (unpaired) electrons. The molecule has 15 atom stereocenters. The molecule has 3 aromatic heterocycles. The minimum Gasteiger partial charge on any atom is -0.463 e. The third-order valence-corrected chi connectivity index (χ3v) is 21.7. The summed E-state index contributed by atoms with van der Waals surface area (Å²) in [5.74, 6) is -10.7. The van der Waals surface area contributed by atoms with E-state index >= 15 is 9.59 Å². The van der Waals surface area contributed by atoms with Gasteiger partial charge in [0.2, 0.25) is 5.91 Å². The van der Waals surface area contributed by atoms with Crippen molar-refractivity contribution in [3.63, 3.8) is 0 Å². The second kappa shape index (κ2) is 45.5. The van der Waals surface area contributed by atoms with Crippen LogP contribution in [0.5, 0.6) is 11.5 Å². The molecule has 6 aromatic rings. The van der Waals surface area contributed by atoms with Gasteiger partial charge in [0.15, 0.2) is 73.6 Å². The standard InChI is InChI=1S/C87H109N13O34/c1-17-95(18-2)61-25-27-65-67(31-61)131-68-32-62(96(19-3)20-4)26-28-66(68)87(65)64-24-22-21-23-63(64)82(114)97(87)29-30-115-42-72(113)88-86(43-116-36-58-33-98(92-89-58)83-79(128-55(14)110)76(125-52(11)107)73(122-49(8)104)69(132-83)39-119-46(5)101,44-117-37-59-34-99(93-90-59)84-80(129-56(15)111)77(126-53(12)108)74(123-50(9)105)70(133-84)40-120-47(6)102)45-118-38-60-35-100(94-91-60)85-81(130-57(16)112)78(127-54(13)109)75(124-51(10)106)71(134-85)41-121-48(7)103/h21-28,31-35,69-71,73-81,83-85H,17-20,29-30,36-45H2,1-16H3,(H,88,113)/t69-,70-,71-,73-,74-,75-,76+,77+,78+,79-,80-,81-,83-,84-,85-/m1/s1. The molecule has 8 heterocycles. The zero-order chi connectivity index (χ0) is 97.2. The van der Waals surface area contributed by atoms with Crippen LogP contribution in [0.2, 0.25) is 0 Å². The van der Waals surface area contributed by atoms with Crippen molar-refractivity contribution in [2.45, 2.75) is 234 Å². The fraction of sp³-hybridized carbons (Fsp3) is 0.563. The van der Waals surface area contributed by atoms with Crippen molar-refractivity contribution in [1.82, 2.24) is 55.2 Å². The highest BCUT2D eigenvalue weighted by atomic mass is 16.7. The lowest BCUT2D eigenvalue weighted by Gasteiger charge is -2.44. The minimum atomic E-state index is -1.98. The smallest absolute Gasteiger partial charge is 0.303 e. The van der Waals surface area contributed by atoms with Gasteiger partial charge in [-0.3, -0.25) is 67.1 Å². The Labute approximate surface area is 767 Å². The molecular weight excluding hydrogens is 1770 g/mol. The molecule has 0 saturated carbocycles. The van der Waals surface area contributed by atoms with Gasteiger partial charge in [-0.2, -0.15) is 0 Å². The Balaban J connectivity index is 0.971. The van der Waals surface area contributed by atoms with E-state index < -0.39 is 247 Å². The van der Waals surface area contributed by atoms with Gasteiger partial charge in [0.1, 0.15) is 84.4 Å². The molecule has 2 amide bonds. The minimum absolute atomic E-state index is 0.0132. The van der Waals surface area contributed by atoms with Crippen molar-refractivity contribution in [3.05, 3.63) is 119 Å². The predicted octanol–water partition coefficient (Wildman–Crippen LogP) is 3.30. The van der Waals surface area contributed by atoms with Crippen LogP contribution in [-0.4, -0.2) is 298 Å². The summed E-state index contributed by atoms with van der Waals surface area (Å²) in [5, 5.41) is 28.7. The molecule has 47 heteroatoms. The molecule has 5 aliphatic rings. The topological polar surface area (TPSA) is 537 Å². The normalized spacial score (nSPS) is 22.5. The number of benzene rings is 3. The second-order valence-corrected chi connectivity index (χ2v) is 31.7. The Hall–Kier alpha value is -13.2. The number of hydrogen-bond donors (Lipinski definition) is 1. The van der Waals surface area contributed by atoms with Gasteiger partial charge in [-0.1, -0.05) is 46.0 Å². The van der Waals surface area contributed by atoms with Gasteiger partial charge < -0.3 is 115 Å². The number of esters is 12. The lowest BCUT2D eigenvalue weighted by molar-refractivity contribution is -0.270. The summed E-state index contributed by atoms with van der Waals surface area (Å²) < 4.78 is 122. The van der Waals surface area contributed by atoms with Gasteiger partial charge >= 0.3 is 71.6 Å². The van der Waals surface area contributed by atoms with Crippen LogP contribution in [-0.2, 0) is 178 Å². The number of fused-ring (bicyclic) bond motifs is 6. The average molecular weight is 1880 g/mol. The number of nitrogens with zero attached hydrogens (tertiary/aromatic N) is 12. The van der Waals surface area contributed by atoms with Crippen molar-refractivity contribution >= 4 is 94.8 Å². The molecule has 3 aromatic carbocycles. The summed E-state index contributed by atoms with van der Waals surface area (Å²) in [7, 11) is 0. The highest BCUT2D eigenvalue weighted by molar-refractivity contribution is 6.02. The number of aromatic nitrogens is 9. The van der Waals surface area contributed by atoms with E-state index in [4.69, 9.17) is 94.7 Å². The fourth-order valence-corrected chi connectivity index (χ4v) is 16.6. The van der Waals surface area contributed by atoms with Gasteiger partial charge in [0, 0.05) is 156 Å². The predicted molar refractivity (Wildman–Crippen MR) is 450 cm³/mol. The van der Waals surface area contributed by atoms with E-state index in [1.807, 2.05) is 76.2 Å². The third kappa shape index (κ3) is 24.6. The van der Waals surface area contributed by atoms with Crippen molar-refractivity contribution in [2.75, 3.05) is 95.4 Å². The number of ether oxygens (including phenoxy) is 20. The number of carbonyl (C=O) groups excluding carboxylic acids is 14. The summed E-state index contributed by atoms with van der Waals surface area (Å²) in [5.41, 5.74) is 0.796. The SMILES string of the molecule is CCN(CC)c1ccc2c(c1)Oc1cc(N(CC)CC)ccc1C21c2ccccc2C(=O)N1CCOCC(=O)NC(COCc1cn([C@@H]2O[C@H](COC(C)=O)[C@@H](OC(C)=O)[C@H](OC(C)=O)[C@H]2OC(C)=O)nn1)(COCc1cn([C@@H]2O[C@H](COC(C)=O)[C@@H](OC(C)=O)[C@H](OC(C)=O)[C@H]2OC(C)=O)nn1)COCc1cn([C@@H]2O[C@H](COC(C)=O)[C@@H](OC(C)=O)[C@H](OC(C)=O)[C@H]2OC(C)=O)nn1. The van der Waals surface area contributed by atoms with Crippen LogP contribution < -0.4 is 19.9 Å². The van der Waals surface area contributed by atoms with Gasteiger partial charge in [-0.15, -0.1) is 15.3 Å². The molecule has 0 unspecified atom stereocenters. The Morgan fingerprint density at radius 1 is 0.403 bits per heavy atom. The first kappa shape index (κ1) is 101. The molecule has 11 rings (SSSR count). The third-order valence-electron chi connectivity index (χ3n) is 21.7. The number of nitrogens with one attached hydrogen (secondary N) is 1. The molecular formula is C87H109N13O34. The second-order valence-electron chi connectivity index (χ2n) is 31.7. The maximum absolute atomic E-state index is 15.5. The van der Waals surface area contributed by atoms with E-state index in [0.29, 0.717) is 59.9 Å². The lowest BCUT2D eigenvalue weighted by atomic mass is 9.74. The van der Waals surface area contributed by atoms with Crippen LogP contribution in [0.15, 0.2) is 79.3 Å². The number of amides is 2. The maximum atomic E-state index is 15.5. The molecule has 1 N–H and O–H groups in total. The van der Waals surface area contributed by atoms with E-state index in [1.54, 1.807) is 17.0 Å². The van der Waals surface area contributed by atoms with Crippen LogP contribution in [0.4, 0.5) is 11.4 Å². The number of hydrogen-bond acceptors (Lipinski definition) is 42. The summed E-state index contributed by atoms with van der Waals surface area (Å²) in [6.45, 7) is 17.2. The first-order valence-electron chi connectivity index (χ1n) is 43.0. The number of carbonyl (C=O) groups is 14. The van der Waals surface area contributed by atoms with Gasteiger partial charge in [0.25, 0.3) is 5.91 Å². The van der Waals surface area contributed by atoms with E-state index in [1.165, 1.54) is 18.6 Å². The van der Waals surface area contributed by atoms with E-state index in [9.17, 15) is 57.5 Å². The molecule has 0 aliphatic carbocycles. The van der Waals surface area contributed by atoms with Crippen molar-refractivity contribution in [3.8, 4) is 11.5 Å². The highest BCUT2D eigenvalue weighted by Gasteiger charge is 2.59. The van der Waals surface area contributed by atoms with Crippen LogP contribution in [0.3, 0.4) is 0 Å². The largest absolute Gasteiger partial charge is 0.463 e. The zero-order valence-electron chi connectivity index (χ0n) is 76.7. The van der Waals surface area contributed by atoms with Crippen molar-refractivity contribution < 1.29 is 162 Å². The maximum Gasteiger partial charge on any atom is 0.303 e. The van der Waals surface area contributed by atoms with E-state index in [2.05, 4.69) is 46.1 Å². The molecule has 726 valence electrons. The molecule has 3 saturated heterocycles.